The van der Waals surface area contributed by atoms with Gasteiger partial charge in [-0.15, -0.1) is 11.3 Å². The van der Waals surface area contributed by atoms with Crippen LogP contribution in [0, 0.1) is 13.8 Å². The normalized spacial score (nSPS) is 10.8. The molecule has 0 aliphatic carbocycles. The lowest BCUT2D eigenvalue weighted by atomic mass is 10.3. The Morgan fingerprint density at radius 3 is 2.88 bits per heavy atom. The molecule has 0 atom stereocenters. The fraction of sp³-hybridized carbons (Fsp3) is 0.267. The van der Waals surface area contributed by atoms with Crippen LogP contribution in [-0.2, 0) is 6.42 Å². The van der Waals surface area contributed by atoms with Gasteiger partial charge in [-0.2, -0.15) is 10.2 Å². The summed E-state index contributed by atoms with van der Waals surface area (Å²) in [5.41, 5.74) is 2.70. The van der Waals surface area contributed by atoms with Crippen LogP contribution in [0.25, 0.3) is 5.13 Å². The van der Waals surface area contributed by atoms with E-state index in [-0.39, 0.29) is 17.2 Å². The van der Waals surface area contributed by atoms with Gasteiger partial charge in [0.05, 0.1) is 11.4 Å². The maximum Gasteiger partial charge on any atom is 0.271 e. The Morgan fingerprint density at radius 2 is 2.21 bits per heavy atom. The second kappa shape index (κ2) is 6.75. The third-order valence-corrected chi connectivity index (χ3v) is 4.17. The zero-order valence-electron chi connectivity index (χ0n) is 13.2. The predicted molar refractivity (Wildman–Crippen MR) is 89.6 cm³/mol. The second-order valence-electron chi connectivity index (χ2n) is 5.27. The Balaban J connectivity index is 1.58. The van der Waals surface area contributed by atoms with Crippen molar-refractivity contribution in [1.82, 2.24) is 30.3 Å². The molecule has 24 heavy (non-hydrogen) atoms. The highest BCUT2D eigenvalue weighted by molar-refractivity contribution is 7.12. The molecule has 0 spiro atoms. The molecule has 0 bridgehead atoms. The van der Waals surface area contributed by atoms with Crippen molar-refractivity contribution in [2.45, 2.75) is 20.3 Å². The van der Waals surface area contributed by atoms with Crippen molar-refractivity contribution < 1.29 is 4.79 Å². The van der Waals surface area contributed by atoms with E-state index in [0.717, 1.165) is 22.2 Å². The molecule has 0 unspecified atom stereocenters. The Hall–Kier alpha value is -2.81. The van der Waals surface area contributed by atoms with Crippen LogP contribution in [0.1, 0.15) is 27.6 Å². The lowest BCUT2D eigenvalue weighted by molar-refractivity contribution is 0.0948. The first kappa shape index (κ1) is 16.1. The van der Waals surface area contributed by atoms with Gasteiger partial charge in [-0.25, -0.2) is 14.8 Å². The van der Waals surface area contributed by atoms with E-state index in [9.17, 15) is 9.59 Å². The average molecular weight is 344 g/mol. The highest BCUT2D eigenvalue weighted by atomic mass is 32.1. The van der Waals surface area contributed by atoms with Gasteiger partial charge in [0.2, 0.25) is 5.13 Å². The van der Waals surface area contributed by atoms with Crippen molar-refractivity contribution in [1.29, 1.82) is 0 Å². The third-order valence-electron chi connectivity index (χ3n) is 3.31. The topological polar surface area (TPSA) is 106 Å². The van der Waals surface area contributed by atoms with Gasteiger partial charge in [0.15, 0.2) is 0 Å². The van der Waals surface area contributed by atoms with Crippen molar-refractivity contribution in [3.05, 3.63) is 56.7 Å². The van der Waals surface area contributed by atoms with E-state index in [2.05, 4.69) is 25.6 Å². The lowest BCUT2D eigenvalue weighted by Crippen LogP contribution is -2.27. The van der Waals surface area contributed by atoms with Gasteiger partial charge in [0, 0.05) is 30.1 Å². The van der Waals surface area contributed by atoms with Gasteiger partial charge < -0.3 is 5.32 Å². The van der Waals surface area contributed by atoms with Crippen LogP contribution >= 0.6 is 11.3 Å². The maximum atomic E-state index is 11.9. The number of nitrogens with one attached hydrogen (secondary N) is 2. The van der Waals surface area contributed by atoms with E-state index in [1.165, 1.54) is 23.5 Å². The van der Waals surface area contributed by atoms with E-state index in [1.54, 1.807) is 0 Å². The van der Waals surface area contributed by atoms with Crippen molar-refractivity contribution >= 4 is 17.2 Å². The smallest absolute Gasteiger partial charge is 0.271 e. The molecule has 124 valence electrons. The molecular formula is C15H16N6O2S. The largest absolute Gasteiger partial charge is 0.350 e. The van der Waals surface area contributed by atoms with Gasteiger partial charge in [-0.1, -0.05) is 0 Å². The summed E-state index contributed by atoms with van der Waals surface area (Å²) in [6.07, 6.45) is 0.602. The summed E-state index contributed by atoms with van der Waals surface area (Å²) in [4.78, 5) is 27.4. The highest BCUT2D eigenvalue weighted by Gasteiger charge is 2.10. The van der Waals surface area contributed by atoms with E-state index in [1.807, 2.05) is 30.0 Å². The molecule has 3 aromatic heterocycles. The molecule has 8 nitrogen and oxygen atoms in total. The number of rotatable bonds is 5. The number of H-pyrrole nitrogens is 1. The number of aromatic amines is 1. The Labute approximate surface area is 141 Å². The quantitative estimate of drug-likeness (QED) is 0.718. The van der Waals surface area contributed by atoms with Crippen LogP contribution in [-0.4, -0.2) is 37.4 Å². The van der Waals surface area contributed by atoms with Crippen LogP contribution in [0.2, 0.25) is 0 Å². The molecule has 0 saturated heterocycles. The first-order chi connectivity index (χ1) is 11.5. The number of amides is 1. The van der Waals surface area contributed by atoms with E-state index in [0.29, 0.717) is 13.0 Å². The molecule has 0 saturated carbocycles. The molecule has 3 rings (SSSR count). The Morgan fingerprint density at radius 1 is 1.38 bits per heavy atom. The number of aromatic nitrogens is 5. The fourth-order valence-corrected chi connectivity index (χ4v) is 3.06. The van der Waals surface area contributed by atoms with Crippen LogP contribution in [0.15, 0.2) is 28.4 Å². The zero-order chi connectivity index (χ0) is 17.1. The summed E-state index contributed by atoms with van der Waals surface area (Å²) in [6, 6.07) is 4.65. The summed E-state index contributed by atoms with van der Waals surface area (Å²) in [7, 11) is 0. The fourth-order valence-electron chi connectivity index (χ4n) is 2.20. The molecule has 9 heteroatoms. The summed E-state index contributed by atoms with van der Waals surface area (Å²) >= 11 is 1.51. The van der Waals surface area contributed by atoms with Crippen molar-refractivity contribution in [2.24, 2.45) is 0 Å². The lowest BCUT2D eigenvalue weighted by Gasteiger charge is -2.02. The number of hydrogen-bond acceptors (Lipinski definition) is 6. The number of nitrogens with zero attached hydrogens (tertiary/aromatic N) is 4. The molecule has 2 N–H and O–H groups in total. The minimum atomic E-state index is -0.342. The highest BCUT2D eigenvalue weighted by Crippen LogP contribution is 2.17. The Kier molecular flexibility index (Phi) is 4.52. The Bertz CT molecular complexity index is 906. The van der Waals surface area contributed by atoms with Crippen molar-refractivity contribution in [3.63, 3.8) is 0 Å². The summed E-state index contributed by atoms with van der Waals surface area (Å²) in [5, 5.41) is 15.8. The molecule has 0 aliphatic rings. The molecule has 0 fully saturated rings. The molecule has 3 heterocycles. The number of carbonyl (C=O) groups is 1. The minimum Gasteiger partial charge on any atom is -0.350 e. The first-order valence-corrected chi connectivity index (χ1v) is 8.23. The number of thiazole rings is 1. The summed E-state index contributed by atoms with van der Waals surface area (Å²) < 4.78 is 1.81. The molecule has 0 aliphatic heterocycles. The van der Waals surface area contributed by atoms with Gasteiger partial charge in [-0.05, 0) is 26.0 Å². The predicted octanol–water partition coefficient (Wildman–Crippen LogP) is 1.00. The van der Waals surface area contributed by atoms with Gasteiger partial charge >= 0.3 is 0 Å². The van der Waals surface area contributed by atoms with Crippen LogP contribution in [0.3, 0.4) is 0 Å². The number of hydrogen-bond donors (Lipinski definition) is 2. The maximum absolute atomic E-state index is 11.9. The number of carbonyl (C=O) groups excluding carboxylic acids is 1. The second-order valence-corrected chi connectivity index (χ2v) is 6.11. The number of aryl methyl sites for hydroxylation is 2. The summed E-state index contributed by atoms with van der Waals surface area (Å²) in [6.45, 7) is 4.36. The average Bonchev–Trinajstić information content (AvgIpc) is 3.14. The van der Waals surface area contributed by atoms with Crippen molar-refractivity contribution in [2.75, 3.05) is 6.54 Å². The monoisotopic (exact) mass is 344 g/mol. The zero-order valence-corrected chi connectivity index (χ0v) is 14.1. The van der Waals surface area contributed by atoms with Crippen LogP contribution in [0.5, 0.6) is 0 Å². The third kappa shape index (κ3) is 3.57. The van der Waals surface area contributed by atoms with Gasteiger partial charge in [0.25, 0.3) is 11.5 Å². The van der Waals surface area contributed by atoms with Gasteiger partial charge in [0.1, 0.15) is 5.69 Å². The summed E-state index contributed by atoms with van der Waals surface area (Å²) in [5.74, 6) is -0.333. The van der Waals surface area contributed by atoms with E-state index < -0.39 is 0 Å². The SMILES string of the molecule is Cc1cc(C)n(-c2nc(CCNC(=O)c3ccc(=O)[nH]n3)cs2)n1. The molecule has 3 aromatic rings. The molecular weight excluding hydrogens is 328 g/mol. The standard InChI is InChI=1S/C15H16N6O2S/c1-9-7-10(2)21(20-9)15-17-11(8-24-15)5-6-16-14(23)12-3-4-13(22)19-18-12/h3-4,7-8H,5-6H2,1-2H3,(H,16,23)(H,19,22). The first-order valence-electron chi connectivity index (χ1n) is 7.35. The molecule has 1 amide bonds. The molecule has 0 radical (unpaired) electrons. The van der Waals surface area contributed by atoms with E-state index in [4.69, 9.17) is 0 Å². The molecule has 0 aromatic carbocycles. The van der Waals surface area contributed by atoms with Crippen LogP contribution in [0.4, 0.5) is 0 Å². The van der Waals surface area contributed by atoms with E-state index >= 15 is 0 Å². The van der Waals surface area contributed by atoms with Crippen LogP contribution < -0.4 is 10.9 Å². The van der Waals surface area contributed by atoms with Crippen molar-refractivity contribution in [3.8, 4) is 5.13 Å². The minimum absolute atomic E-state index is 0.177. The van der Waals surface area contributed by atoms with Gasteiger partial charge in [-0.3, -0.25) is 9.59 Å².